The second kappa shape index (κ2) is 6.75. The molecule has 0 aromatic rings. The lowest BCUT2D eigenvalue weighted by Gasteiger charge is -2.20. The number of carbonyl (C=O) groups is 2. The van der Waals surface area contributed by atoms with Gasteiger partial charge in [0.1, 0.15) is 6.04 Å². The summed E-state index contributed by atoms with van der Waals surface area (Å²) >= 11 is 0. The van der Waals surface area contributed by atoms with Crippen LogP contribution in [0, 0.1) is 11.3 Å². The maximum absolute atomic E-state index is 11.7. The summed E-state index contributed by atoms with van der Waals surface area (Å²) in [6.07, 6.45) is 3.10. The molecule has 1 rings (SSSR count). The molecule has 0 radical (unpaired) electrons. The molecular formula is C13H24N2O4. The van der Waals surface area contributed by atoms with Crippen LogP contribution in [0.4, 0.5) is 4.79 Å². The van der Waals surface area contributed by atoms with Crippen molar-refractivity contribution >= 4 is 12.0 Å². The Morgan fingerprint density at radius 3 is 2.42 bits per heavy atom. The number of hydrogen-bond donors (Lipinski definition) is 3. The lowest BCUT2D eigenvalue weighted by molar-refractivity contribution is -0.140. The van der Waals surface area contributed by atoms with Gasteiger partial charge < -0.3 is 20.5 Å². The minimum Gasteiger partial charge on any atom is -0.480 e. The van der Waals surface area contributed by atoms with Gasteiger partial charge in [-0.25, -0.2) is 9.59 Å². The van der Waals surface area contributed by atoms with Crippen LogP contribution in [0.3, 0.4) is 0 Å². The van der Waals surface area contributed by atoms with E-state index in [2.05, 4.69) is 10.6 Å². The van der Waals surface area contributed by atoms with Crippen LogP contribution in [0.15, 0.2) is 0 Å². The normalized spacial score (nSPS) is 17.9. The van der Waals surface area contributed by atoms with Crippen molar-refractivity contribution in [2.75, 3.05) is 20.3 Å². The first-order valence-electron chi connectivity index (χ1n) is 6.66. The van der Waals surface area contributed by atoms with Crippen molar-refractivity contribution in [2.45, 2.75) is 39.2 Å². The van der Waals surface area contributed by atoms with Crippen LogP contribution in [0.2, 0.25) is 0 Å². The minimum absolute atomic E-state index is 0.147. The molecule has 0 aliphatic heterocycles. The molecule has 0 spiro atoms. The molecule has 0 unspecified atom stereocenters. The first-order chi connectivity index (χ1) is 8.90. The molecule has 1 fully saturated rings. The average molecular weight is 272 g/mol. The summed E-state index contributed by atoms with van der Waals surface area (Å²) in [5.74, 6) is -1.16. The summed E-state index contributed by atoms with van der Waals surface area (Å²) in [4.78, 5) is 22.7. The van der Waals surface area contributed by atoms with Gasteiger partial charge in [0.2, 0.25) is 0 Å². The van der Waals surface area contributed by atoms with Crippen LogP contribution in [-0.4, -0.2) is 43.4 Å². The van der Waals surface area contributed by atoms with Crippen LogP contribution in [0.25, 0.3) is 0 Å². The van der Waals surface area contributed by atoms with Gasteiger partial charge in [0.15, 0.2) is 0 Å². The summed E-state index contributed by atoms with van der Waals surface area (Å²) in [5.41, 5.74) is 0.157. The molecule has 0 aromatic heterocycles. The van der Waals surface area contributed by atoms with Crippen molar-refractivity contribution in [1.29, 1.82) is 0 Å². The maximum atomic E-state index is 11.7. The number of carbonyl (C=O) groups excluding carboxylic acids is 1. The van der Waals surface area contributed by atoms with E-state index in [-0.39, 0.29) is 11.3 Å². The Bertz CT molecular complexity index is 327. The number of urea groups is 1. The van der Waals surface area contributed by atoms with Crippen LogP contribution in [0.1, 0.15) is 33.1 Å². The molecule has 0 heterocycles. The molecular weight excluding hydrogens is 248 g/mol. The van der Waals surface area contributed by atoms with E-state index in [0.717, 1.165) is 19.3 Å². The van der Waals surface area contributed by atoms with Gasteiger partial charge in [-0.05, 0) is 30.6 Å². The fourth-order valence-electron chi connectivity index (χ4n) is 1.98. The molecule has 110 valence electrons. The Kier molecular flexibility index (Phi) is 5.60. The standard InChI is InChI=1S/C13H24N2O4/c1-9(2)10(11(16)17)15-12(18)14-8-13(4-5-13)6-7-19-3/h9-10H,4-8H2,1-3H3,(H,16,17)(H2,14,15,18)/t10-/m1/s1. The molecule has 3 N–H and O–H groups in total. The average Bonchev–Trinajstić information content (AvgIpc) is 3.11. The summed E-state index contributed by atoms with van der Waals surface area (Å²) in [6, 6.07) is -1.26. The molecule has 2 amide bonds. The highest BCUT2D eigenvalue weighted by Crippen LogP contribution is 2.48. The Hall–Kier alpha value is -1.30. The maximum Gasteiger partial charge on any atom is 0.326 e. The summed E-state index contributed by atoms with van der Waals surface area (Å²) in [5, 5.41) is 14.2. The van der Waals surface area contributed by atoms with Crippen molar-refractivity contribution in [3.8, 4) is 0 Å². The number of ether oxygens (including phenoxy) is 1. The van der Waals surface area contributed by atoms with Gasteiger partial charge in [0, 0.05) is 20.3 Å². The zero-order valence-electron chi connectivity index (χ0n) is 11.9. The third kappa shape index (κ3) is 5.06. The van der Waals surface area contributed by atoms with Crippen LogP contribution in [0.5, 0.6) is 0 Å². The zero-order chi connectivity index (χ0) is 14.5. The molecule has 0 saturated heterocycles. The van der Waals surface area contributed by atoms with Crippen LogP contribution < -0.4 is 10.6 Å². The van der Waals surface area contributed by atoms with Gasteiger partial charge in [-0.15, -0.1) is 0 Å². The molecule has 0 aromatic carbocycles. The lowest BCUT2D eigenvalue weighted by Crippen LogP contribution is -2.49. The van der Waals surface area contributed by atoms with Gasteiger partial charge in [0.05, 0.1) is 0 Å². The van der Waals surface area contributed by atoms with E-state index < -0.39 is 18.0 Å². The first kappa shape index (κ1) is 15.8. The number of aliphatic carboxylic acids is 1. The van der Waals surface area contributed by atoms with E-state index >= 15 is 0 Å². The number of nitrogens with one attached hydrogen (secondary N) is 2. The van der Waals surface area contributed by atoms with Crippen molar-refractivity contribution in [1.82, 2.24) is 10.6 Å². The topological polar surface area (TPSA) is 87.7 Å². The Balaban J connectivity index is 2.33. The Morgan fingerprint density at radius 1 is 1.37 bits per heavy atom. The summed E-state index contributed by atoms with van der Waals surface area (Å²) in [6.45, 7) is 4.79. The molecule has 19 heavy (non-hydrogen) atoms. The quantitative estimate of drug-likeness (QED) is 0.620. The van der Waals surface area contributed by atoms with Crippen LogP contribution >= 0.6 is 0 Å². The summed E-state index contributed by atoms with van der Waals surface area (Å²) < 4.78 is 5.05. The van der Waals surface area contributed by atoms with Gasteiger partial charge >= 0.3 is 12.0 Å². The SMILES string of the molecule is COCCC1(CNC(=O)N[C@@H](C(=O)O)C(C)C)CC1. The molecule has 0 bridgehead atoms. The lowest BCUT2D eigenvalue weighted by atomic mass is 10.0. The first-order valence-corrected chi connectivity index (χ1v) is 6.66. The number of amides is 2. The highest BCUT2D eigenvalue weighted by molar-refractivity contribution is 5.82. The highest BCUT2D eigenvalue weighted by Gasteiger charge is 2.42. The largest absolute Gasteiger partial charge is 0.480 e. The molecule has 6 heteroatoms. The number of methoxy groups -OCH3 is 1. The van der Waals surface area contributed by atoms with E-state index in [1.165, 1.54) is 0 Å². The monoisotopic (exact) mass is 272 g/mol. The summed E-state index contributed by atoms with van der Waals surface area (Å²) in [7, 11) is 1.66. The van der Waals surface area contributed by atoms with Gasteiger partial charge in [-0.2, -0.15) is 0 Å². The van der Waals surface area contributed by atoms with E-state index in [0.29, 0.717) is 13.2 Å². The van der Waals surface area contributed by atoms with Crippen LogP contribution in [-0.2, 0) is 9.53 Å². The fourth-order valence-corrected chi connectivity index (χ4v) is 1.98. The van der Waals surface area contributed by atoms with Crippen molar-refractivity contribution in [3.05, 3.63) is 0 Å². The van der Waals surface area contributed by atoms with Crippen molar-refractivity contribution < 1.29 is 19.4 Å². The van der Waals surface area contributed by atoms with Gasteiger partial charge in [0.25, 0.3) is 0 Å². The molecule has 1 aliphatic carbocycles. The van der Waals surface area contributed by atoms with E-state index in [1.807, 2.05) is 0 Å². The predicted octanol–water partition coefficient (Wildman–Crippen LogP) is 1.21. The second-order valence-corrected chi connectivity index (χ2v) is 5.63. The van der Waals surface area contributed by atoms with Gasteiger partial charge in [-0.1, -0.05) is 13.8 Å². The molecule has 6 nitrogen and oxygen atoms in total. The smallest absolute Gasteiger partial charge is 0.326 e. The Morgan fingerprint density at radius 2 is 2.00 bits per heavy atom. The minimum atomic E-state index is -1.01. The molecule has 1 aliphatic rings. The number of rotatable bonds is 8. The van der Waals surface area contributed by atoms with E-state index in [9.17, 15) is 9.59 Å². The van der Waals surface area contributed by atoms with Crippen molar-refractivity contribution in [2.24, 2.45) is 11.3 Å². The highest BCUT2D eigenvalue weighted by atomic mass is 16.5. The fraction of sp³-hybridized carbons (Fsp3) is 0.846. The number of carboxylic acid groups (broad SMARTS) is 1. The number of carboxylic acids is 1. The number of hydrogen-bond acceptors (Lipinski definition) is 3. The Labute approximate surface area is 113 Å². The second-order valence-electron chi connectivity index (χ2n) is 5.63. The van der Waals surface area contributed by atoms with E-state index in [4.69, 9.17) is 9.84 Å². The third-order valence-corrected chi connectivity index (χ3v) is 3.64. The van der Waals surface area contributed by atoms with Crippen molar-refractivity contribution in [3.63, 3.8) is 0 Å². The predicted molar refractivity (Wildman–Crippen MR) is 71.0 cm³/mol. The molecule has 1 atom stereocenters. The third-order valence-electron chi connectivity index (χ3n) is 3.64. The molecule has 1 saturated carbocycles. The van der Waals surface area contributed by atoms with E-state index in [1.54, 1.807) is 21.0 Å². The van der Waals surface area contributed by atoms with Gasteiger partial charge in [-0.3, -0.25) is 0 Å². The zero-order valence-corrected chi connectivity index (χ0v) is 11.9.